The second kappa shape index (κ2) is 3.84. The Hall–Kier alpha value is -0.820. The smallest absolute Gasteiger partial charge is 0.0240 e. The molecule has 1 aliphatic heterocycles. The van der Waals surface area contributed by atoms with Crippen molar-refractivity contribution >= 4 is 0 Å². The standard InChI is InChI=1S/C16H21N/c1-2-4-15-10-17(9-14(15)3-1)11-16-8-12-5-6-13(16)7-12/h1-4,12-13,16H,5-11H2/t12-,13+,16-/m0/s1. The molecule has 0 N–H and O–H groups in total. The van der Waals surface area contributed by atoms with Gasteiger partial charge in [-0.3, -0.25) is 4.90 Å². The molecule has 3 aliphatic rings. The normalized spacial score (nSPS) is 35.4. The highest BCUT2D eigenvalue weighted by molar-refractivity contribution is 5.30. The van der Waals surface area contributed by atoms with E-state index in [0.29, 0.717) is 0 Å². The Bertz CT molecular complexity index is 400. The third-order valence-corrected chi connectivity index (χ3v) is 5.28. The zero-order chi connectivity index (χ0) is 11.2. The fraction of sp³-hybridized carbons (Fsp3) is 0.625. The molecule has 0 saturated heterocycles. The van der Waals surface area contributed by atoms with Crippen LogP contribution < -0.4 is 0 Å². The largest absolute Gasteiger partial charge is 0.295 e. The molecule has 3 atom stereocenters. The van der Waals surface area contributed by atoms with Crippen molar-refractivity contribution < 1.29 is 0 Å². The van der Waals surface area contributed by atoms with Crippen LogP contribution in [0.15, 0.2) is 24.3 Å². The lowest BCUT2D eigenvalue weighted by Gasteiger charge is -2.26. The SMILES string of the molecule is c1ccc2c(c1)CN(C[C@@H]1C[C@H]3CC[C@@H]1C3)C2. The van der Waals surface area contributed by atoms with Crippen LogP contribution in [-0.4, -0.2) is 11.4 Å². The molecule has 1 nitrogen and oxygen atoms in total. The van der Waals surface area contributed by atoms with Gasteiger partial charge >= 0.3 is 0 Å². The first kappa shape index (κ1) is 10.1. The number of benzene rings is 1. The molecule has 17 heavy (non-hydrogen) atoms. The highest BCUT2D eigenvalue weighted by atomic mass is 15.1. The molecule has 2 bridgehead atoms. The van der Waals surface area contributed by atoms with E-state index in [2.05, 4.69) is 29.2 Å². The van der Waals surface area contributed by atoms with Crippen LogP contribution in [0, 0.1) is 17.8 Å². The summed E-state index contributed by atoms with van der Waals surface area (Å²) < 4.78 is 0. The van der Waals surface area contributed by atoms with Gasteiger partial charge in [-0.15, -0.1) is 0 Å². The first-order valence-corrected chi connectivity index (χ1v) is 7.17. The third kappa shape index (κ3) is 1.72. The van der Waals surface area contributed by atoms with Crippen LogP contribution in [0.4, 0.5) is 0 Å². The second-order valence-corrected chi connectivity index (χ2v) is 6.37. The van der Waals surface area contributed by atoms with Crippen molar-refractivity contribution in [3.8, 4) is 0 Å². The Morgan fingerprint density at radius 3 is 2.35 bits per heavy atom. The molecule has 1 aromatic carbocycles. The van der Waals surface area contributed by atoms with E-state index < -0.39 is 0 Å². The van der Waals surface area contributed by atoms with Gasteiger partial charge in [0.05, 0.1) is 0 Å². The van der Waals surface area contributed by atoms with Crippen molar-refractivity contribution in [3.05, 3.63) is 35.4 Å². The molecule has 1 heterocycles. The molecule has 0 radical (unpaired) electrons. The maximum absolute atomic E-state index is 2.68. The molecule has 2 fully saturated rings. The topological polar surface area (TPSA) is 3.24 Å². The maximum atomic E-state index is 2.68. The third-order valence-electron chi connectivity index (χ3n) is 5.28. The minimum atomic E-state index is 1.02. The first-order chi connectivity index (χ1) is 8.38. The van der Waals surface area contributed by atoms with E-state index in [0.717, 1.165) is 17.8 Å². The summed E-state index contributed by atoms with van der Waals surface area (Å²) in [5.74, 6) is 3.18. The highest BCUT2D eigenvalue weighted by Gasteiger charge is 2.40. The molecule has 1 aromatic rings. The molecule has 2 aliphatic carbocycles. The van der Waals surface area contributed by atoms with Gasteiger partial charge in [-0.1, -0.05) is 30.7 Å². The molecule has 1 heteroatoms. The Kier molecular flexibility index (Phi) is 2.29. The van der Waals surface area contributed by atoms with E-state index >= 15 is 0 Å². The summed E-state index contributed by atoms with van der Waals surface area (Å²) in [4.78, 5) is 2.68. The van der Waals surface area contributed by atoms with Gasteiger partial charge in [-0.2, -0.15) is 0 Å². The summed E-state index contributed by atoms with van der Waals surface area (Å²) in [5, 5.41) is 0. The van der Waals surface area contributed by atoms with Gasteiger partial charge in [0, 0.05) is 19.6 Å². The molecular formula is C16H21N. The molecule has 0 amide bonds. The molecule has 4 rings (SSSR count). The lowest BCUT2D eigenvalue weighted by molar-refractivity contribution is 0.191. The minimum Gasteiger partial charge on any atom is -0.295 e. The number of rotatable bonds is 2. The van der Waals surface area contributed by atoms with Gasteiger partial charge in [0.2, 0.25) is 0 Å². The number of hydrogen-bond acceptors (Lipinski definition) is 1. The van der Waals surface area contributed by atoms with Crippen LogP contribution in [-0.2, 0) is 13.1 Å². The van der Waals surface area contributed by atoms with Gasteiger partial charge in [0.1, 0.15) is 0 Å². The summed E-state index contributed by atoms with van der Waals surface area (Å²) in [7, 11) is 0. The van der Waals surface area contributed by atoms with E-state index in [1.807, 2.05) is 0 Å². The molecule has 2 saturated carbocycles. The first-order valence-electron chi connectivity index (χ1n) is 7.17. The number of hydrogen-bond donors (Lipinski definition) is 0. The van der Waals surface area contributed by atoms with Crippen molar-refractivity contribution in [2.75, 3.05) is 6.54 Å². The van der Waals surface area contributed by atoms with E-state index in [4.69, 9.17) is 0 Å². The Morgan fingerprint density at radius 1 is 1.00 bits per heavy atom. The molecule has 0 unspecified atom stereocenters. The van der Waals surface area contributed by atoms with Gasteiger partial charge in [-0.05, 0) is 48.1 Å². The molecule has 0 spiro atoms. The summed E-state index contributed by atoms with van der Waals surface area (Å²) in [5.41, 5.74) is 3.13. The summed E-state index contributed by atoms with van der Waals surface area (Å²) in [6.45, 7) is 3.75. The molecular weight excluding hydrogens is 206 g/mol. The van der Waals surface area contributed by atoms with Gasteiger partial charge in [0.25, 0.3) is 0 Å². The summed E-state index contributed by atoms with van der Waals surface area (Å²) >= 11 is 0. The number of fused-ring (bicyclic) bond motifs is 3. The quantitative estimate of drug-likeness (QED) is 0.748. The second-order valence-electron chi connectivity index (χ2n) is 6.37. The van der Waals surface area contributed by atoms with Crippen molar-refractivity contribution in [1.29, 1.82) is 0 Å². The summed E-state index contributed by atoms with van der Waals surface area (Å²) in [6, 6.07) is 8.96. The van der Waals surface area contributed by atoms with Crippen molar-refractivity contribution in [2.45, 2.75) is 38.8 Å². The predicted octanol–water partition coefficient (Wildman–Crippen LogP) is 3.44. The monoisotopic (exact) mass is 227 g/mol. The van der Waals surface area contributed by atoms with Crippen LogP contribution in [0.25, 0.3) is 0 Å². The van der Waals surface area contributed by atoms with Crippen LogP contribution in [0.2, 0.25) is 0 Å². The lowest BCUT2D eigenvalue weighted by atomic mass is 9.88. The van der Waals surface area contributed by atoms with Crippen LogP contribution in [0.5, 0.6) is 0 Å². The Labute approximate surface area is 104 Å². The van der Waals surface area contributed by atoms with Crippen molar-refractivity contribution in [3.63, 3.8) is 0 Å². The van der Waals surface area contributed by atoms with Crippen LogP contribution in [0.1, 0.15) is 36.8 Å². The van der Waals surface area contributed by atoms with Crippen molar-refractivity contribution in [2.24, 2.45) is 17.8 Å². The Morgan fingerprint density at radius 2 is 1.76 bits per heavy atom. The zero-order valence-corrected chi connectivity index (χ0v) is 10.4. The van der Waals surface area contributed by atoms with Crippen molar-refractivity contribution in [1.82, 2.24) is 4.90 Å². The van der Waals surface area contributed by atoms with Crippen LogP contribution >= 0.6 is 0 Å². The Balaban J connectivity index is 1.43. The van der Waals surface area contributed by atoms with E-state index in [1.165, 1.54) is 38.9 Å². The van der Waals surface area contributed by atoms with E-state index in [9.17, 15) is 0 Å². The lowest BCUT2D eigenvalue weighted by Crippen LogP contribution is -2.27. The molecule has 0 aromatic heterocycles. The fourth-order valence-electron chi connectivity index (χ4n) is 4.46. The van der Waals surface area contributed by atoms with Gasteiger partial charge in [0.15, 0.2) is 0 Å². The van der Waals surface area contributed by atoms with Gasteiger partial charge < -0.3 is 0 Å². The predicted molar refractivity (Wildman–Crippen MR) is 69.5 cm³/mol. The summed E-state index contributed by atoms with van der Waals surface area (Å²) in [6.07, 6.45) is 6.13. The number of nitrogens with zero attached hydrogens (tertiary/aromatic N) is 1. The highest BCUT2D eigenvalue weighted by Crippen LogP contribution is 2.48. The minimum absolute atomic E-state index is 1.02. The fourth-order valence-corrected chi connectivity index (χ4v) is 4.46. The zero-order valence-electron chi connectivity index (χ0n) is 10.4. The average molecular weight is 227 g/mol. The van der Waals surface area contributed by atoms with E-state index in [1.54, 1.807) is 17.5 Å². The van der Waals surface area contributed by atoms with Gasteiger partial charge in [-0.25, -0.2) is 0 Å². The average Bonchev–Trinajstić information content (AvgIpc) is 3.01. The maximum Gasteiger partial charge on any atom is 0.0240 e. The van der Waals surface area contributed by atoms with Crippen LogP contribution in [0.3, 0.4) is 0 Å². The molecule has 90 valence electrons. The van der Waals surface area contributed by atoms with E-state index in [-0.39, 0.29) is 0 Å².